The number of hydrogen-bond acceptors (Lipinski definition) is 12. The van der Waals surface area contributed by atoms with Crippen LogP contribution in [0.1, 0.15) is 11.4 Å². The first kappa shape index (κ1) is 35.6. The van der Waals surface area contributed by atoms with E-state index in [9.17, 15) is 10.2 Å². The summed E-state index contributed by atoms with van der Waals surface area (Å²) in [5.74, 6) is 1.63. The molecule has 12 heteroatoms. The van der Waals surface area contributed by atoms with E-state index in [2.05, 4.69) is 44.1 Å². The van der Waals surface area contributed by atoms with Crippen molar-refractivity contribution in [2.75, 3.05) is 5.32 Å². The molecular weight excluding hydrogens is 809 g/mol. The highest BCUT2D eigenvalue weighted by molar-refractivity contribution is 6.20. The Balaban J connectivity index is 0.784. The molecule has 0 spiro atoms. The minimum atomic E-state index is -0.431. The fourth-order valence-electron chi connectivity index (χ4n) is 10.0. The van der Waals surface area contributed by atoms with Crippen LogP contribution in [0.4, 0.5) is 11.4 Å². The predicted octanol–water partition coefficient (Wildman–Crippen LogP) is 6.88. The summed E-state index contributed by atoms with van der Waals surface area (Å²) in [6.07, 6.45) is 13.7. The number of aromatic nitrogens is 6. The number of anilines is 1. The van der Waals surface area contributed by atoms with Crippen molar-refractivity contribution < 1.29 is 10.2 Å². The summed E-state index contributed by atoms with van der Waals surface area (Å²) in [7, 11) is 0. The Kier molecular flexibility index (Phi) is 7.24. The lowest BCUT2D eigenvalue weighted by Crippen LogP contribution is -2.42. The second-order valence-electron chi connectivity index (χ2n) is 16.6. The smallest absolute Gasteiger partial charge is 0.198 e. The molecule has 0 amide bonds. The van der Waals surface area contributed by atoms with E-state index in [0.29, 0.717) is 40.1 Å². The van der Waals surface area contributed by atoms with E-state index >= 15 is 0 Å². The number of benzene rings is 6. The van der Waals surface area contributed by atoms with Gasteiger partial charge in [0.15, 0.2) is 23.3 Å². The first-order valence-electron chi connectivity index (χ1n) is 21.3. The normalized spacial score (nSPS) is 19.3. The molecule has 0 bridgehead atoms. The van der Waals surface area contributed by atoms with Crippen LogP contribution in [0.15, 0.2) is 191 Å². The summed E-state index contributed by atoms with van der Waals surface area (Å²) in [6, 6.07) is 35.3. The molecule has 9 aromatic rings. The Hall–Kier alpha value is -9.03. The third-order valence-corrected chi connectivity index (χ3v) is 13.0. The SMILES string of the molecule is [O-]C1=C(c2ccc3c4c(cccc24)NC(c2ncc4ccccc4n2)=N3)C([O-])=C1C1C=CC2=C3C(=CC=CC31)NC(=c1ccc3nc(-c4ncc5ccccc5n4)nc4cccc1c43)N2. The molecule has 3 aromatic heterocycles. The average Bonchev–Trinajstić information content (AvgIpc) is 3.35. The van der Waals surface area contributed by atoms with Crippen molar-refractivity contribution in [3.8, 4) is 11.6 Å². The topological polar surface area (TPSA) is 172 Å². The molecule has 2 unspecified atom stereocenters. The van der Waals surface area contributed by atoms with Gasteiger partial charge >= 0.3 is 0 Å². The lowest BCUT2D eigenvalue weighted by Gasteiger charge is -2.47. The number of rotatable bonds is 4. The van der Waals surface area contributed by atoms with Crippen LogP contribution in [-0.2, 0) is 0 Å². The van der Waals surface area contributed by atoms with Crippen molar-refractivity contribution >= 4 is 83.0 Å². The van der Waals surface area contributed by atoms with Crippen LogP contribution in [-0.4, -0.2) is 35.7 Å². The van der Waals surface area contributed by atoms with Gasteiger partial charge in [-0.25, -0.2) is 34.9 Å². The van der Waals surface area contributed by atoms with E-state index in [0.717, 1.165) is 88.1 Å². The zero-order valence-electron chi connectivity index (χ0n) is 34.0. The maximum atomic E-state index is 14.3. The van der Waals surface area contributed by atoms with Crippen molar-refractivity contribution in [2.45, 2.75) is 0 Å². The molecular formula is C53H30N10O2-2. The average molecular weight is 839 g/mol. The summed E-state index contributed by atoms with van der Waals surface area (Å²) >= 11 is 0. The van der Waals surface area contributed by atoms with Gasteiger partial charge < -0.3 is 26.2 Å². The number of allylic oxidation sites excluding steroid dienone is 8. The van der Waals surface area contributed by atoms with Crippen LogP contribution < -0.4 is 31.4 Å². The van der Waals surface area contributed by atoms with Gasteiger partial charge in [0.2, 0.25) is 0 Å². The monoisotopic (exact) mass is 838 g/mol. The number of fused-ring (bicyclic) bond motifs is 2. The summed E-state index contributed by atoms with van der Waals surface area (Å²) in [4.78, 5) is 33.4. The van der Waals surface area contributed by atoms with Gasteiger partial charge in [-0.05, 0) is 76.5 Å². The minimum Gasteiger partial charge on any atom is -0.872 e. The molecule has 2 aliphatic heterocycles. The maximum absolute atomic E-state index is 14.3. The molecule has 65 heavy (non-hydrogen) atoms. The Labute approximate surface area is 368 Å². The molecule has 6 aromatic carbocycles. The number of hydrogen-bond donors (Lipinski definition) is 3. The van der Waals surface area contributed by atoms with Gasteiger partial charge in [-0.3, -0.25) is 0 Å². The molecule has 0 fully saturated rings. The zero-order chi connectivity index (χ0) is 42.9. The number of para-hydroxylation sites is 2. The van der Waals surface area contributed by atoms with E-state index in [1.165, 1.54) is 0 Å². The third kappa shape index (κ3) is 5.22. The molecule has 0 saturated carbocycles. The Morgan fingerprint density at radius 3 is 2.08 bits per heavy atom. The van der Waals surface area contributed by atoms with Gasteiger partial charge in [-0.15, -0.1) is 0 Å². The highest BCUT2D eigenvalue weighted by Crippen LogP contribution is 2.51. The summed E-state index contributed by atoms with van der Waals surface area (Å²) < 4.78 is 0. The molecule has 14 rings (SSSR count). The molecule has 12 nitrogen and oxygen atoms in total. The molecule has 0 radical (unpaired) electrons. The highest BCUT2D eigenvalue weighted by Gasteiger charge is 2.38. The maximum Gasteiger partial charge on any atom is 0.198 e. The molecule has 5 aliphatic rings. The minimum absolute atomic E-state index is 0.200. The van der Waals surface area contributed by atoms with E-state index < -0.39 is 5.92 Å². The standard InChI is InChI=1S/C53H32N10O2/c64-47-45(48(65)46(47)32-19-22-40-43-29(32)11-6-16-37(43)60-52(62-40)50-54-24-26-8-1-3-13-34(26)56-50)31-18-21-39-42-28(31)10-5-15-36(42)58-49(59-39)33-20-23-41-44-30(33)12-7-17-38(44)61-53(63-41)51-55-25-27-9-2-4-14-35(27)57-51/h1-25,28,31,58-59,64-65H,(H,60,62)/p-2. The lowest BCUT2D eigenvalue weighted by atomic mass is 9.69. The molecule has 3 aliphatic carbocycles. The third-order valence-electron chi connectivity index (χ3n) is 13.0. The number of amidine groups is 1. The summed E-state index contributed by atoms with van der Waals surface area (Å²) in [5.41, 5.74) is 8.66. The van der Waals surface area contributed by atoms with Crippen LogP contribution >= 0.6 is 0 Å². The van der Waals surface area contributed by atoms with E-state index in [1.807, 2.05) is 121 Å². The second-order valence-corrected chi connectivity index (χ2v) is 16.6. The van der Waals surface area contributed by atoms with Gasteiger partial charge in [-0.1, -0.05) is 102 Å². The first-order chi connectivity index (χ1) is 32.0. The Bertz CT molecular complexity index is 3950. The highest BCUT2D eigenvalue weighted by atomic mass is 16.3. The first-order valence-corrected chi connectivity index (χ1v) is 21.3. The Morgan fingerprint density at radius 1 is 0.538 bits per heavy atom. The molecule has 306 valence electrons. The van der Waals surface area contributed by atoms with Gasteiger partial charge in [0.25, 0.3) is 0 Å². The van der Waals surface area contributed by atoms with Crippen molar-refractivity contribution in [1.29, 1.82) is 0 Å². The summed E-state index contributed by atoms with van der Waals surface area (Å²) in [5, 5.41) is 45.8. The van der Waals surface area contributed by atoms with Gasteiger partial charge in [0.05, 0.1) is 27.8 Å². The molecule has 3 N–H and O–H groups in total. The van der Waals surface area contributed by atoms with Gasteiger partial charge in [-0.2, -0.15) is 0 Å². The van der Waals surface area contributed by atoms with Gasteiger partial charge in [0, 0.05) is 73.6 Å². The van der Waals surface area contributed by atoms with Crippen molar-refractivity contribution in [2.24, 2.45) is 16.8 Å². The van der Waals surface area contributed by atoms with Gasteiger partial charge in [0.1, 0.15) is 5.82 Å². The van der Waals surface area contributed by atoms with Crippen LogP contribution in [0.2, 0.25) is 0 Å². The van der Waals surface area contributed by atoms with Crippen LogP contribution in [0.5, 0.6) is 0 Å². The molecule has 5 heterocycles. The molecule has 2 atom stereocenters. The van der Waals surface area contributed by atoms with Crippen LogP contribution in [0.3, 0.4) is 0 Å². The predicted molar refractivity (Wildman–Crippen MR) is 248 cm³/mol. The largest absolute Gasteiger partial charge is 0.872 e. The fourth-order valence-corrected chi connectivity index (χ4v) is 10.0. The van der Waals surface area contributed by atoms with Crippen molar-refractivity contribution in [1.82, 2.24) is 40.5 Å². The van der Waals surface area contributed by atoms with Crippen LogP contribution in [0.25, 0.3) is 77.4 Å². The van der Waals surface area contributed by atoms with E-state index in [1.54, 1.807) is 12.4 Å². The van der Waals surface area contributed by atoms with Crippen molar-refractivity contribution in [3.05, 3.63) is 203 Å². The number of aliphatic imine (C=N–C) groups is 1. The van der Waals surface area contributed by atoms with E-state index in [-0.39, 0.29) is 23.0 Å². The zero-order valence-corrected chi connectivity index (χ0v) is 34.0. The van der Waals surface area contributed by atoms with Crippen molar-refractivity contribution in [3.63, 3.8) is 0 Å². The number of nitrogens with one attached hydrogen (secondary N) is 3. The fraction of sp³-hybridized carbons (Fsp3) is 0.0377. The second kappa shape index (κ2) is 13.2. The molecule has 0 saturated heterocycles. The van der Waals surface area contributed by atoms with E-state index in [4.69, 9.17) is 24.9 Å². The van der Waals surface area contributed by atoms with Crippen LogP contribution in [0, 0.1) is 11.8 Å². The lowest BCUT2D eigenvalue weighted by molar-refractivity contribution is -0.325. The Morgan fingerprint density at radius 2 is 1.25 bits per heavy atom. The summed E-state index contributed by atoms with van der Waals surface area (Å²) in [6.45, 7) is 0. The quantitative estimate of drug-likeness (QED) is 0.169. The number of nitrogens with zero attached hydrogens (tertiary/aromatic N) is 7.